The van der Waals surface area contributed by atoms with Crippen LogP contribution in [0, 0.1) is 6.92 Å². The number of aromatic nitrogens is 2. The highest BCUT2D eigenvalue weighted by atomic mass is 35.5. The Labute approximate surface area is 178 Å². The van der Waals surface area contributed by atoms with E-state index in [4.69, 9.17) is 21.3 Å². The van der Waals surface area contributed by atoms with Gasteiger partial charge in [0.15, 0.2) is 0 Å². The zero-order valence-corrected chi connectivity index (χ0v) is 17.3. The number of nitrogens with zero attached hydrogens (tertiary/aromatic N) is 2. The Morgan fingerprint density at radius 1 is 1.07 bits per heavy atom. The number of halogens is 1. The van der Waals surface area contributed by atoms with Gasteiger partial charge < -0.3 is 4.74 Å². The maximum absolute atomic E-state index is 13.5. The van der Waals surface area contributed by atoms with Gasteiger partial charge in [-0.3, -0.25) is 14.0 Å². The van der Waals surface area contributed by atoms with Crippen molar-refractivity contribution in [1.29, 1.82) is 0 Å². The predicted octanol–water partition coefficient (Wildman–Crippen LogP) is 5.05. The van der Waals surface area contributed by atoms with Crippen LogP contribution in [-0.4, -0.2) is 15.4 Å². The largest absolute Gasteiger partial charge is 0.459 e. The van der Waals surface area contributed by atoms with Gasteiger partial charge in [0, 0.05) is 18.7 Å². The molecule has 0 spiro atoms. The van der Waals surface area contributed by atoms with Gasteiger partial charge in [-0.25, -0.2) is 4.98 Å². The minimum atomic E-state index is -0.439. The lowest BCUT2D eigenvalue weighted by Gasteiger charge is -2.15. The lowest BCUT2D eigenvalue weighted by Crippen LogP contribution is -2.21. The van der Waals surface area contributed by atoms with E-state index in [1.54, 1.807) is 12.3 Å². The van der Waals surface area contributed by atoms with Crippen LogP contribution >= 0.6 is 11.6 Å². The van der Waals surface area contributed by atoms with Crippen molar-refractivity contribution in [2.24, 2.45) is 0 Å². The van der Waals surface area contributed by atoms with Crippen LogP contribution in [-0.2, 0) is 16.1 Å². The molecule has 0 amide bonds. The monoisotopic (exact) mass is 418 g/mol. The van der Waals surface area contributed by atoms with Gasteiger partial charge in [-0.15, -0.1) is 0 Å². The van der Waals surface area contributed by atoms with Crippen LogP contribution in [0.15, 0.2) is 71.7 Å². The summed E-state index contributed by atoms with van der Waals surface area (Å²) < 4.78 is 6.67. The van der Waals surface area contributed by atoms with Crippen molar-refractivity contribution >= 4 is 23.2 Å². The van der Waals surface area contributed by atoms with E-state index in [0.29, 0.717) is 27.5 Å². The average Bonchev–Trinajstić information content (AvgIpc) is 2.73. The van der Waals surface area contributed by atoms with Crippen molar-refractivity contribution in [1.82, 2.24) is 9.38 Å². The second kappa shape index (κ2) is 8.13. The van der Waals surface area contributed by atoms with Crippen LogP contribution in [0.2, 0.25) is 5.02 Å². The second-order valence-electron chi connectivity index (χ2n) is 6.97. The van der Waals surface area contributed by atoms with Crippen molar-refractivity contribution in [3.05, 3.63) is 93.5 Å². The van der Waals surface area contributed by atoms with Crippen molar-refractivity contribution in [3.63, 3.8) is 0 Å². The molecule has 0 radical (unpaired) electrons. The summed E-state index contributed by atoms with van der Waals surface area (Å²) in [4.78, 5) is 29.7. The molecule has 0 aliphatic heterocycles. The molecule has 5 nitrogen and oxygen atoms in total. The molecule has 0 saturated heterocycles. The molecule has 150 valence electrons. The number of benzene rings is 2. The summed E-state index contributed by atoms with van der Waals surface area (Å²) in [6, 6.07) is 18.8. The molecule has 0 N–H and O–H groups in total. The fraction of sp³-hybridized carbons (Fsp3) is 0.125. The molecule has 4 rings (SSSR count). The molecule has 0 unspecified atom stereocenters. The molecule has 4 aromatic rings. The molecule has 0 saturated carbocycles. The van der Waals surface area contributed by atoms with Gasteiger partial charge >= 0.3 is 5.97 Å². The smallest absolute Gasteiger partial charge is 0.303 e. The highest BCUT2D eigenvalue weighted by Crippen LogP contribution is 2.30. The first-order valence-electron chi connectivity index (χ1n) is 9.45. The summed E-state index contributed by atoms with van der Waals surface area (Å²) >= 11 is 6.38. The molecule has 2 aromatic heterocycles. The standard InChI is InChI=1S/C24H19ClN2O3/c1-15-8-6-7-11-19(15)20-12-18(25)13-27-23(20)26-21(14-30-16(2)28)22(24(27)29)17-9-4-3-5-10-17/h3-13H,14H2,1-2H3. The maximum atomic E-state index is 13.5. The molecular weight excluding hydrogens is 400 g/mol. The fourth-order valence-electron chi connectivity index (χ4n) is 3.49. The number of carbonyl (C=O) groups is 1. The number of ether oxygens (including phenoxy) is 1. The Kier molecular flexibility index (Phi) is 5.38. The number of carbonyl (C=O) groups excluding carboxylic acids is 1. The number of aryl methyl sites for hydroxylation is 1. The first-order valence-corrected chi connectivity index (χ1v) is 9.83. The van der Waals surface area contributed by atoms with Crippen LogP contribution in [0.1, 0.15) is 18.2 Å². The number of fused-ring (bicyclic) bond motifs is 1. The van der Waals surface area contributed by atoms with E-state index in [-0.39, 0.29) is 12.2 Å². The quantitative estimate of drug-likeness (QED) is 0.435. The molecule has 0 aliphatic rings. The van der Waals surface area contributed by atoms with Gasteiger partial charge in [0.2, 0.25) is 0 Å². The summed E-state index contributed by atoms with van der Waals surface area (Å²) in [5.41, 5.74) is 4.36. The third-order valence-electron chi connectivity index (χ3n) is 4.88. The second-order valence-corrected chi connectivity index (χ2v) is 7.40. The molecule has 0 fully saturated rings. The van der Waals surface area contributed by atoms with E-state index >= 15 is 0 Å². The Bertz CT molecular complexity index is 1310. The summed E-state index contributed by atoms with van der Waals surface area (Å²) in [7, 11) is 0. The van der Waals surface area contributed by atoms with Crippen molar-refractivity contribution < 1.29 is 9.53 Å². The highest BCUT2D eigenvalue weighted by Gasteiger charge is 2.19. The molecule has 2 aromatic carbocycles. The van der Waals surface area contributed by atoms with Crippen molar-refractivity contribution in [3.8, 4) is 22.3 Å². The summed E-state index contributed by atoms with van der Waals surface area (Å²) in [5.74, 6) is -0.439. The number of esters is 1. The highest BCUT2D eigenvalue weighted by molar-refractivity contribution is 6.31. The van der Waals surface area contributed by atoms with Gasteiger partial charge in [-0.1, -0.05) is 66.2 Å². The molecule has 6 heteroatoms. The molecule has 2 heterocycles. The molecule has 30 heavy (non-hydrogen) atoms. The van der Waals surface area contributed by atoms with Crippen LogP contribution in [0.4, 0.5) is 0 Å². The normalized spacial score (nSPS) is 10.9. The maximum Gasteiger partial charge on any atom is 0.303 e. The van der Waals surface area contributed by atoms with Crippen LogP contribution in [0.3, 0.4) is 0 Å². The predicted molar refractivity (Wildman–Crippen MR) is 118 cm³/mol. The van der Waals surface area contributed by atoms with E-state index in [1.165, 1.54) is 11.3 Å². The zero-order valence-electron chi connectivity index (χ0n) is 16.6. The van der Waals surface area contributed by atoms with E-state index in [9.17, 15) is 9.59 Å². The number of hydrogen-bond acceptors (Lipinski definition) is 4. The average molecular weight is 419 g/mol. The van der Waals surface area contributed by atoms with Crippen molar-refractivity contribution in [2.75, 3.05) is 0 Å². The van der Waals surface area contributed by atoms with Gasteiger partial charge in [0.25, 0.3) is 5.56 Å². The van der Waals surface area contributed by atoms with E-state index in [2.05, 4.69) is 0 Å². The Hall–Kier alpha value is -3.44. The van der Waals surface area contributed by atoms with Crippen LogP contribution in [0.25, 0.3) is 27.9 Å². The van der Waals surface area contributed by atoms with Gasteiger partial charge in [-0.05, 0) is 29.7 Å². The van der Waals surface area contributed by atoms with Crippen molar-refractivity contribution in [2.45, 2.75) is 20.5 Å². The Morgan fingerprint density at radius 2 is 1.77 bits per heavy atom. The van der Waals surface area contributed by atoms with Gasteiger partial charge in [0.1, 0.15) is 12.3 Å². The van der Waals surface area contributed by atoms with E-state index in [0.717, 1.165) is 16.7 Å². The third kappa shape index (κ3) is 3.72. The first kappa shape index (κ1) is 19.9. The van der Waals surface area contributed by atoms with Crippen LogP contribution in [0.5, 0.6) is 0 Å². The van der Waals surface area contributed by atoms with E-state index in [1.807, 2.05) is 61.5 Å². The summed E-state index contributed by atoms with van der Waals surface area (Å²) in [6.45, 7) is 3.22. The number of pyridine rings is 1. The van der Waals surface area contributed by atoms with Crippen LogP contribution < -0.4 is 5.56 Å². The third-order valence-corrected chi connectivity index (χ3v) is 5.08. The lowest BCUT2D eigenvalue weighted by atomic mass is 10.0. The minimum absolute atomic E-state index is 0.0961. The zero-order chi connectivity index (χ0) is 21.3. The Balaban J connectivity index is 2.07. The summed E-state index contributed by atoms with van der Waals surface area (Å²) in [6.07, 6.45) is 1.57. The van der Waals surface area contributed by atoms with Gasteiger partial charge in [-0.2, -0.15) is 0 Å². The molecule has 0 atom stereocenters. The molecule has 0 aliphatic carbocycles. The molecule has 0 bridgehead atoms. The first-order chi connectivity index (χ1) is 14.5. The Morgan fingerprint density at radius 3 is 2.47 bits per heavy atom. The SMILES string of the molecule is CC(=O)OCc1nc2c(-c3ccccc3C)cc(Cl)cn2c(=O)c1-c1ccccc1. The topological polar surface area (TPSA) is 60.7 Å². The molecular formula is C24H19ClN2O3. The number of hydrogen-bond donors (Lipinski definition) is 0. The summed E-state index contributed by atoms with van der Waals surface area (Å²) in [5, 5.41) is 0.427. The number of rotatable bonds is 4. The fourth-order valence-corrected chi connectivity index (χ4v) is 3.70. The van der Waals surface area contributed by atoms with E-state index < -0.39 is 5.97 Å². The lowest BCUT2D eigenvalue weighted by molar-refractivity contribution is -0.142. The minimum Gasteiger partial charge on any atom is -0.459 e. The van der Waals surface area contributed by atoms with Gasteiger partial charge in [0.05, 0.1) is 16.3 Å².